The van der Waals surface area contributed by atoms with Gasteiger partial charge in [0.2, 0.25) is 0 Å². The van der Waals surface area contributed by atoms with Gasteiger partial charge in [-0.25, -0.2) is 0 Å². The lowest BCUT2D eigenvalue weighted by molar-refractivity contribution is 0.579. The van der Waals surface area contributed by atoms with Crippen LogP contribution >= 0.6 is 23.2 Å². The molecule has 0 amide bonds. The highest BCUT2D eigenvalue weighted by Crippen LogP contribution is 2.46. The summed E-state index contributed by atoms with van der Waals surface area (Å²) >= 11 is 12.0. The molecule has 0 bridgehead atoms. The van der Waals surface area contributed by atoms with Crippen LogP contribution in [0.5, 0.6) is 0 Å². The number of hydrogen-bond donors (Lipinski definition) is 1. The van der Waals surface area contributed by atoms with E-state index in [4.69, 9.17) is 28.9 Å². The minimum absolute atomic E-state index is 0.0216. The summed E-state index contributed by atoms with van der Waals surface area (Å²) in [7, 11) is 0. The van der Waals surface area contributed by atoms with Crippen LogP contribution in [0.15, 0.2) is 18.2 Å². The fourth-order valence-electron chi connectivity index (χ4n) is 2.19. The third-order valence-corrected chi connectivity index (χ3v) is 3.89. The summed E-state index contributed by atoms with van der Waals surface area (Å²) in [5.41, 5.74) is 7.34. The predicted molar refractivity (Wildman–Crippen MR) is 65.5 cm³/mol. The molecule has 1 aliphatic rings. The van der Waals surface area contributed by atoms with Crippen LogP contribution < -0.4 is 5.73 Å². The zero-order chi connectivity index (χ0) is 11.1. The standard InChI is InChI=1S/C12H15Cl2N/c1-2-9-7-12(9,15)6-8-3-4-10(13)5-11(8)14/h3-5,9H,2,6-7,15H2,1H3. The van der Waals surface area contributed by atoms with Crippen molar-refractivity contribution in [2.45, 2.75) is 31.7 Å². The Morgan fingerprint density at radius 3 is 2.73 bits per heavy atom. The molecule has 0 radical (unpaired) electrons. The van der Waals surface area contributed by atoms with Crippen LogP contribution in [0.25, 0.3) is 0 Å². The highest BCUT2D eigenvalue weighted by molar-refractivity contribution is 6.35. The van der Waals surface area contributed by atoms with Crippen LogP contribution in [0.3, 0.4) is 0 Å². The quantitative estimate of drug-likeness (QED) is 0.862. The topological polar surface area (TPSA) is 26.0 Å². The minimum atomic E-state index is -0.0216. The van der Waals surface area contributed by atoms with Gasteiger partial charge in [0.1, 0.15) is 0 Å². The summed E-state index contributed by atoms with van der Waals surface area (Å²) in [5, 5.41) is 1.41. The second-order valence-electron chi connectivity index (χ2n) is 4.45. The van der Waals surface area contributed by atoms with E-state index in [9.17, 15) is 0 Å². The SMILES string of the molecule is CCC1CC1(N)Cc1ccc(Cl)cc1Cl. The van der Waals surface area contributed by atoms with Crippen molar-refractivity contribution in [1.29, 1.82) is 0 Å². The monoisotopic (exact) mass is 243 g/mol. The molecule has 1 aromatic rings. The first-order valence-corrected chi connectivity index (χ1v) is 6.03. The van der Waals surface area contributed by atoms with E-state index < -0.39 is 0 Å². The zero-order valence-electron chi connectivity index (χ0n) is 8.76. The first kappa shape index (κ1) is 11.3. The molecule has 2 unspecified atom stereocenters. The van der Waals surface area contributed by atoms with Crippen molar-refractivity contribution < 1.29 is 0 Å². The summed E-state index contributed by atoms with van der Waals surface area (Å²) in [6, 6.07) is 5.63. The second kappa shape index (κ2) is 3.97. The van der Waals surface area contributed by atoms with E-state index in [1.54, 1.807) is 6.07 Å². The van der Waals surface area contributed by atoms with Gasteiger partial charge in [0.05, 0.1) is 0 Å². The Kier molecular flexibility index (Phi) is 2.98. The number of hydrogen-bond acceptors (Lipinski definition) is 1. The molecule has 0 spiro atoms. The van der Waals surface area contributed by atoms with Crippen molar-refractivity contribution >= 4 is 23.2 Å². The lowest BCUT2D eigenvalue weighted by Gasteiger charge is -2.12. The van der Waals surface area contributed by atoms with Crippen LogP contribution in [-0.2, 0) is 6.42 Å². The van der Waals surface area contributed by atoms with E-state index in [1.807, 2.05) is 12.1 Å². The maximum Gasteiger partial charge on any atom is 0.0453 e. The van der Waals surface area contributed by atoms with E-state index >= 15 is 0 Å². The van der Waals surface area contributed by atoms with Crippen molar-refractivity contribution in [2.75, 3.05) is 0 Å². The molecule has 3 heteroatoms. The van der Waals surface area contributed by atoms with Gasteiger partial charge in [-0.1, -0.05) is 42.6 Å². The molecule has 0 heterocycles. The molecule has 1 saturated carbocycles. The van der Waals surface area contributed by atoms with Gasteiger partial charge in [0.15, 0.2) is 0 Å². The fraction of sp³-hybridized carbons (Fsp3) is 0.500. The molecule has 2 N–H and O–H groups in total. The van der Waals surface area contributed by atoms with Gasteiger partial charge in [0.25, 0.3) is 0 Å². The third kappa shape index (κ3) is 2.30. The van der Waals surface area contributed by atoms with E-state index in [1.165, 1.54) is 0 Å². The summed E-state index contributed by atoms with van der Waals surface area (Å²) in [6.07, 6.45) is 3.13. The molecule has 1 aromatic carbocycles. The Hall–Kier alpha value is -0.240. The summed E-state index contributed by atoms with van der Waals surface area (Å²) in [5.74, 6) is 0.657. The first-order valence-electron chi connectivity index (χ1n) is 5.28. The molecule has 1 fully saturated rings. The lowest BCUT2D eigenvalue weighted by Crippen LogP contribution is -2.27. The largest absolute Gasteiger partial charge is 0.325 e. The van der Waals surface area contributed by atoms with Crippen molar-refractivity contribution in [3.63, 3.8) is 0 Å². The normalized spacial score (nSPS) is 29.2. The number of benzene rings is 1. The summed E-state index contributed by atoms with van der Waals surface area (Å²) < 4.78 is 0. The van der Waals surface area contributed by atoms with Gasteiger partial charge in [-0.15, -0.1) is 0 Å². The molecule has 0 aromatic heterocycles. The van der Waals surface area contributed by atoms with Crippen LogP contribution in [0.1, 0.15) is 25.3 Å². The average Bonchev–Trinajstić information content (AvgIpc) is 2.82. The van der Waals surface area contributed by atoms with Crippen molar-refractivity contribution in [2.24, 2.45) is 11.7 Å². The van der Waals surface area contributed by atoms with Gasteiger partial charge >= 0.3 is 0 Å². The molecule has 82 valence electrons. The maximum atomic E-state index is 6.25. The van der Waals surface area contributed by atoms with E-state index in [-0.39, 0.29) is 5.54 Å². The minimum Gasteiger partial charge on any atom is -0.325 e. The third-order valence-electron chi connectivity index (χ3n) is 3.31. The molecule has 2 rings (SSSR count). The molecule has 1 aliphatic carbocycles. The van der Waals surface area contributed by atoms with Crippen molar-refractivity contribution in [3.05, 3.63) is 33.8 Å². The summed E-state index contributed by atoms with van der Waals surface area (Å²) in [6.45, 7) is 2.18. The second-order valence-corrected chi connectivity index (χ2v) is 5.30. The first-order chi connectivity index (χ1) is 7.05. The molecule has 15 heavy (non-hydrogen) atoms. The van der Waals surface area contributed by atoms with Gasteiger partial charge < -0.3 is 5.73 Å². The lowest BCUT2D eigenvalue weighted by atomic mass is 10.0. The predicted octanol–water partition coefficient (Wildman–Crippen LogP) is 3.66. The van der Waals surface area contributed by atoms with Gasteiger partial charge in [0, 0.05) is 15.6 Å². The Bertz CT molecular complexity index is 378. The number of nitrogens with two attached hydrogens (primary N) is 1. The molecule has 0 aliphatic heterocycles. The van der Waals surface area contributed by atoms with E-state index in [2.05, 4.69) is 6.92 Å². The Morgan fingerprint density at radius 2 is 2.20 bits per heavy atom. The molecule has 2 atom stereocenters. The van der Waals surface area contributed by atoms with Gasteiger partial charge in [-0.3, -0.25) is 0 Å². The smallest absolute Gasteiger partial charge is 0.0453 e. The molecule has 0 saturated heterocycles. The van der Waals surface area contributed by atoms with Crippen LogP contribution in [0.4, 0.5) is 0 Å². The van der Waals surface area contributed by atoms with Gasteiger partial charge in [-0.05, 0) is 36.5 Å². The highest BCUT2D eigenvalue weighted by atomic mass is 35.5. The number of rotatable bonds is 3. The Morgan fingerprint density at radius 1 is 1.47 bits per heavy atom. The Labute approximate surface area is 101 Å². The maximum absolute atomic E-state index is 6.25. The molecule has 1 nitrogen and oxygen atoms in total. The van der Waals surface area contributed by atoms with Gasteiger partial charge in [-0.2, -0.15) is 0 Å². The Balaban J connectivity index is 2.12. The number of halogens is 2. The summed E-state index contributed by atoms with van der Waals surface area (Å²) in [4.78, 5) is 0. The molecular formula is C12H15Cl2N. The van der Waals surface area contributed by atoms with E-state index in [0.29, 0.717) is 10.9 Å². The highest BCUT2D eigenvalue weighted by Gasteiger charge is 2.49. The van der Waals surface area contributed by atoms with Crippen LogP contribution in [0, 0.1) is 5.92 Å². The fourth-order valence-corrected chi connectivity index (χ4v) is 2.66. The zero-order valence-corrected chi connectivity index (χ0v) is 10.3. The van der Waals surface area contributed by atoms with E-state index in [0.717, 1.165) is 29.8 Å². The average molecular weight is 244 g/mol. The van der Waals surface area contributed by atoms with Crippen molar-refractivity contribution in [3.8, 4) is 0 Å². The van der Waals surface area contributed by atoms with Crippen LogP contribution in [0.2, 0.25) is 10.0 Å². The molecular weight excluding hydrogens is 229 g/mol. The van der Waals surface area contributed by atoms with Crippen molar-refractivity contribution in [1.82, 2.24) is 0 Å². The van der Waals surface area contributed by atoms with Crippen LogP contribution in [-0.4, -0.2) is 5.54 Å².